The number of amides is 3. The van der Waals surface area contributed by atoms with Gasteiger partial charge in [0.1, 0.15) is 0 Å². The van der Waals surface area contributed by atoms with Crippen LogP contribution in [0.5, 0.6) is 11.5 Å². The van der Waals surface area contributed by atoms with Gasteiger partial charge in [-0.15, -0.1) is 0 Å². The monoisotopic (exact) mass is 280 g/mol. The maximum absolute atomic E-state index is 11.5. The summed E-state index contributed by atoms with van der Waals surface area (Å²) < 4.78 is 10.7. The lowest BCUT2D eigenvalue weighted by atomic mass is 10.3. The maximum atomic E-state index is 11.5. The van der Waals surface area contributed by atoms with Gasteiger partial charge in [0, 0.05) is 6.04 Å². The largest absolute Gasteiger partial charge is 0.490 e. The highest BCUT2D eigenvalue weighted by atomic mass is 16.5. The van der Waals surface area contributed by atoms with Gasteiger partial charge >= 0.3 is 6.03 Å². The minimum absolute atomic E-state index is 0.0394. The van der Waals surface area contributed by atoms with Crippen LogP contribution in [0.15, 0.2) is 24.3 Å². The molecule has 0 radical (unpaired) electrons. The molecule has 0 aliphatic heterocycles. The molecule has 0 saturated carbocycles. The van der Waals surface area contributed by atoms with Gasteiger partial charge in [0.25, 0.3) is 5.91 Å². The van der Waals surface area contributed by atoms with Gasteiger partial charge < -0.3 is 14.8 Å². The molecule has 110 valence electrons. The van der Waals surface area contributed by atoms with Gasteiger partial charge in [-0.05, 0) is 32.9 Å². The number of carbonyl (C=O) groups excluding carboxylic acids is 2. The second-order valence-corrected chi connectivity index (χ2v) is 4.34. The van der Waals surface area contributed by atoms with Crippen molar-refractivity contribution in [2.24, 2.45) is 0 Å². The number of para-hydroxylation sites is 2. The third-order valence-corrected chi connectivity index (χ3v) is 2.18. The van der Waals surface area contributed by atoms with Gasteiger partial charge in [-0.3, -0.25) is 10.1 Å². The number of imide groups is 1. The molecule has 0 unspecified atom stereocenters. The van der Waals surface area contributed by atoms with Crippen LogP contribution < -0.4 is 20.1 Å². The number of nitrogens with one attached hydrogen (secondary N) is 2. The van der Waals surface area contributed by atoms with Crippen LogP contribution in [0.1, 0.15) is 20.8 Å². The van der Waals surface area contributed by atoms with E-state index in [1.807, 2.05) is 13.0 Å². The van der Waals surface area contributed by atoms with Crippen molar-refractivity contribution in [3.8, 4) is 11.5 Å². The Morgan fingerprint density at radius 2 is 1.75 bits per heavy atom. The van der Waals surface area contributed by atoms with E-state index in [-0.39, 0.29) is 12.6 Å². The SMILES string of the molecule is CCOc1ccccc1OCC(=O)NC(=O)NC(C)C. The number of rotatable bonds is 6. The van der Waals surface area contributed by atoms with Crippen LogP contribution in [-0.4, -0.2) is 31.2 Å². The average molecular weight is 280 g/mol. The normalized spacial score (nSPS) is 10.0. The zero-order valence-electron chi connectivity index (χ0n) is 11.9. The fourth-order valence-electron chi connectivity index (χ4n) is 1.45. The Bertz CT molecular complexity index is 460. The highest BCUT2D eigenvalue weighted by Crippen LogP contribution is 2.26. The standard InChI is InChI=1S/C14H20N2O4/c1-4-19-11-7-5-6-8-12(11)20-9-13(17)16-14(18)15-10(2)3/h5-8,10H,4,9H2,1-3H3,(H2,15,16,17,18). The minimum atomic E-state index is -0.535. The van der Waals surface area contributed by atoms with Crippen molar-refractivity contribution in [3.05, 3.63) is 24.3 Å². The number of hydrogen-bond donors (Lipinski definition) is 2. The summed E-state index contributed by atoms with van der Waals surface area (Å²) in [7, 11) is 0. The summed E-state index contributed by atoms with van der Waals surface area (Å²) in [5.41, 5.74) is 0. The lowest BCUT2D eigenvalue weighted by Gasteiger charge is -2.12. The molecule has 0 aliphatic carbocycles. The number of urea groups is 1. The summed E-state index contributed by atoms with van der Waals surface area (Å²) in [4.78, 5) is 22.9. The van der Waals surface area contributed by atoms with Gasteiger partial charge in [0.05, 0.1) is 6.61 Å². The number of hydrogen-bond acceptors (Lipinski definition) is 4. The van der Waals surface area contributed by atoms with Crippen molar-refractivity contribution >= 4 is 11.9 Å². The fraction of sp³-hybridized carbons (Fsp3) is 0.429. The fourth-order valence-corrected chi connectivity index (χ4v) is 1.45. The van der Waals surface area contributed by atoms with Gasteiger partial charge in [-0.1, -0.05) is 12.1 Å². The molecule has 0 bridgehead atoms. The molecule has 1 aromatic carbocycles. The Hall–Kier alpha value is -2.24. The topological polar surface area (TPSA) is 76.7 Å². The number of ether oxygens (including phenoxy) is 2. The van der Waals surface area contributed by atoms with Gasteiger partial charge in [-0.25, -0.2) is 4.79 Å². The van der Waals surface area contributed by atoms with Crippen molar-refractivity contribution in [3.63, 3.8) is 0 Å². The maximum Gasteiger partial charge on any atom is 0.321 e. The molecule has 0 heterocycles. The average Bonchev–Trinajstić information content (AvgIpc) is 2.37. The Morgan fingerprint density at radius 3 is 2.30 bits per heavy atom. The predicted octanol–water partition coefficient (Wildman–Crippen LogP) is 1.70. The zero-order chi connectivity index (χ0) is 15.0. The number of carbonyl (C=O) groups is 2. The Balaban J connectivity index is 2.47. The highest BCUT2D eigenvalue weighted by Gasteiger charge is 2.10. The second-order valence-electron chi connectivity index (χ2n) is 4.34. The third-order valence-electron chi connectivity index (χ3n) is 2.18. The van der Waals surface area contributed by atoms with Crippen molar-refractivity contribution < 1.29 is 19.1 Å². The molecule has 1 aromatic rings. The first-order valence-corrected chi connectivity index (χ1v) is 6.48. The molecule has 0 aliphatic rings. The summed E-state index contributed by atoms with van der Waals surface area (Å²) in [6.07, 6.45) is 0. The molecule has 1 rings (SSSR count). The molecule has 0 spiro atoms. The molecule has 6 heteroatoms. The van der Waals surface area contributed by atoms with Crippen LogP contribution in [-0.2, 0) is 4.79 Å². The summed E-state index contributed by atoms with van der Waals surface area (Å²) in [5.74, 6) is 0.512. The van der Waals surface area contributed by atoms with Crippen LogP contribution in [0, 0.1) is 0 Å². The molecule has 3 amide bonds. The van der Waals surface area contributed by atoms with Crippen LogP contribution in [0.4, 0.5) is 4.79 Å². The zero-order valence-corrected chi connectivity index (χ0v) is 11.9. The van der Waals surface area contributed by atoms with Gasteiger partial charge in [-0.2, -0.15) is 0 Å². The molecule has 0 saturated heterocycles. The molecule has 2 N–H and O–H groups in total. The Kier molecular flexibility index (Phi) is 6.36. The summed E-state index contributed by atoms with van der Waals surface area (Å²) in [6, 6.07) is 6.47. The molecule has 6 nitrogen and oxygen atoms in total. The van der Waals surface area contributed by atoms with E-state index in [0.717, 1.165) is 0 Å². The van der Waals surface area contributed by atoms with Crippen LogP contribution in [0.25, 0.3) is 0 Å². The highest BCUT2D eigenvalue weighted by molar-refractivity contribution is 5.95. The smallest absolute Gasteiger partial charge is 0.321 e. The number of benzene rings is 1. The predicted molar refractivity (Wildman–Crippen MR) is 74.9 cm³/mol. The van der Waals surface area contributed by atoms with E-state index < -0.39 is 11.9 Å². The van der Waals surface area contributed by atoms with Crippen molar-refractivity contribution in [2.45, 2.75) is 26.8 Å². The van der Waals surface area contributed by atoms with Gasteiger partial charge in [0.15, 0.2) is 18.1 Å². The lowest BCUT2D eigenvalue weighted by Crippen LogP contribution is -2.44. The molecular weight excluding hydrogens is 260 g/mol. The molecular formula is C14H20N2O4. The van der Waals surface area contributed by atoms with E-state index >= 15 is 0 Å². The van der Waals surface area contributed by atoms with E-state index in [0.29, 0.717) is 18.1 Å². The summed E-state index contributed by atoms with van der Waals surface area (Å²) >= 11 is 0. The van der Waals surface area contributed by atoms with Gasteiger partial charge in [0.2, 0.25) is 0 Å². The molecule has 0 fully saturated rings. The van der Waals surface area contributed by atoms with E-state index in [2.05, 4.69) is 10.6 Å². The summed E-state index contributed by atoms with van der Waals surface area (Å²) in [6.45, 7) is 5.72. The quantitative estimate of drug-likeness (QED) is 0.831. The second kappa shape index (κ2) is 8.04. The Labute approximate surface area is 118 Å². The van der Waals surface area contributed by atoms with Crippen LogP contribution >= 0.6 is 0 Å². The van der Waals surface area contributed by atoms with Crippen molar-refractivity contribution in [1.29, 1.82) is 0 Å². The van der Waals surface area contributed by atoms with E-state index in [9.17, 15) is 9.59 Å². The first kappa shape index (κ1) is 15.8. The molecule has 0 aromatic heterocycles. The van der Waals surface area contributed by atoms with E-state index in [4.69, 9.17) is 9.47 Å². The minimum Gasteiger partial charge on any atom is -0.490 e. The lowest BCUT2D eigenvalue weighted by molar-refractivity contribution is -0.122. The van der Waals surface area contributed by atoms with Crippen molar-refractivity contribution in [2.75, 3.05) is 13.2 Å². The van der Waals surface area contributed by atoms with E-state index in [1.54, 1.807) is 32.0 Å². The molecule has 20 heavy (non-hydrogen) atoms. The van der Waals surface area contributed by atoms with Crippen LogP contribution in [0.2, 0.25) is 0 Å². The Morgan fingerprint density at radius 1 is 1.15 bits per heavy atom. The first-order chi connectivity index (χ1) is 9.52. The summed E-state index contributed by atoms with van der Waals surface area (Å²) in [5, 5.41) is 4.73. The molecule has 0 atom stereocenters. The third kappa shape index (κ3) is 5.60. The first-order valence-electron chi connectivity index (χ1n) is 6.48. The van der Waals surface area contributed by atoms with Crippen LogP contribution in [0.3, 0.4) is 0 Å². The van der Waals surface area contributed by atoms with Crippen molar-refractivity contribution in [1.82, 2.24) is 10.6 Å². The van der Waals surface area contributed by atoms with E-state index in [1.165, 1.54) is 0 Å².